The third-order valence-electron chi connectivity index (χ3n) is 0.239. The van der Waals surface area contributed by atoms with Gasteiger partial charge in [-0.15, -0.1) is 0 Å². The summed E-state index contributed by atoms with van der Waals surface area (Å²) in [7, 11) is 0. The summed E-state index contributed by atoms with van der Waals surface area (Å²) in [5.74, 6) is -0.468. The predicted octanol–water partition coefficient (Wildman–Crippen LogP) is -0.0848. The van der Waals surface area contributed by atoms with Gasteiger partial charge >= 0.3 is 0 Å². The fraction of sp³-hybridized carbons (Fsp3) is 0. The van der Waals surface area contributed by atoms with Gasteiger partial charge < -0.3 is 5.73 Å². The summed E-state index contributed by atoms with van der Waals surface area (Å²) < 4.78 is 0. The Morgan fingerprint density at radius 3 is 2.33 bits per heavy atom. The van der Waals surface area contributed by atoms with Gasteiger partial charge in [0.05, 0.1) is 0 Å². The summed E-state index contributed by atoms with van der Waals surface area (Å²) in [6.07, 6.45) is 1.17. The molecule has 0 fully saturated rings. The van der Waals surface area contributed by atoms with Gasteiger partial charge in [-0.1, -0.05) is 0 Å². The third-order valence-corrected chi connectivity index (χ3v) is 0.388. The predicted molar refractivity (Wildman–Crippen MR) is 27.3 cm³/mol. The molecule has 0 heterocycles. The fourth-order valence-electron chi connectivity index (χ4n) is 0.0735. The zero-order valence-electron chi connectivity index (χ0n) is 3.09. The molecular weight excluding hydrogens is 98.1 g/mol. The highest BCUT2D eigenvalue weighted by Gasteiger charge is 1.73. The van der Waals surface area contributed by atoms with Crippen LogP contribution in [0.25, 0.3) is 0 Å². The van der Waals surface area contributed by atoms with E-state index in [2.05, 4.69) is 18.4 Å². The van der Waals surface area contributed by atoms with Crippen molar-refractivity contribution in [2.45, 2.75) is 0 Å². The summed E-state index contributed by atoms with van der Waals surface area (Å²) in [5, 5.41) is 1.29. The number of nitrogens with two attached hydrogens (primary N) is 1. The molecule has 0 saturated carbocycles. The van der Waals surface area contributed by atoms with Gasteiger partial charge in [-0.2, -0.15) is 12.6 Å². The van der Waals surface area contributed by atoms with Gasteiger partial charge in [-0.05, 0) is 5.41 Å². The topological polar surface area (TPSA) is 43.1 Å². The van der Waals surface area contributed by atoms with Gasteiger partial charge in [0.25, 0.3) is 0 Å². The van der Waals surface area contributed by atoms with Gasteiger partial charge in [0.2, 0.25) is 5.91 Å². The van der Waals surface area contributed by atoms with Crippen molar-refractivity contribution >= 4 is 18.5 Å². The molecule has 0 aliphatic carbocycles. The van der Waals surface area contributed by atoms with Crippen molar-refractivity contribution in [3.8, 4) is 0 Å². The Hall–Kier alpha value is -0.440. The van der Waals surface area contributed by atoms with Gasteiger partial charge in [-0.25, -0.2) is 0 Å². The van der Waals surface area contributed by atoms with E-state index in [1.165, 1.54) is 11.5 Å². The lowest BCUT2D eigenvalue weighted by Gasteiger charge is -1.69. The number of amides is 1. The Morgan fingerprint density at radius 1 is 1.83 bits per heavy atom. The van der Waals surface area contributed by atoms with E-state index in [0.29, 0.717) is 0 Å². The highest BCUT2D eigenvalue weighted by Crippen LogP contribution is 1.71. The zero-order chi connectivity index (χ0) is 4.99. The van der Waals surface area contributed by atoms with E-state index in [1.54, 1.807) is 0 Å². The summed E-state index contributed by atoms with van der Waals surface area (Å²) in [5.41, 5.74) is 4.63. The Labute approximate surface area is 41.4 Å². The van der Waals surface area contributed by atoms with Crippen LogP contribution in [0.5, 0.6) is 0 Å². The molecule has 0 aliphatic heterocycles. The number of rotatable bonds is 1. The van der Waals surface area contributed by atoms with E-state index >= 15 is 0 Å². The second-order valence-corrected chi connectivity index (χ2v) is 1.02. The molecule has 3 heteroatoms. The standard InChI is InChI=1S/C3H5NOS/c4-3(5)1-2-6/h1-2,6H,(H2,4,5)/b2-1+. The molecule has 2 N–H and O–H groups in total. The zero-order valence-corrected chi connectivity index (χ0v) is 3.98. The Morgan fingerprint density at radius 2 is 2.33 bits per heavy atom. The molecule has 0 bridgehead atoms. The van der Waals surface area contributed by atoms with E-state index < -0.39 is 5.91 Å². The smallest absolute Gasteiger partial charge is 0.241 e. The molecule has 0 aromatic heterocycles. The summed E-state index contributed by atoms with van der Waals surface area (Å²) in [6.45, 7) is 0. The molecule has 0 radical (unpaired) electrons. The maximum atomic E-state index is 9.69. The van der Waals surface area contributed by atoms with Crippen molar-refractivity contribution in [2.24, 2.45) is 5.73 Å². The molecule has 0 aliphatic rings. The number of hydrogen-bond acceptors (Lipinski definition) is 2. The van der Waals surface area contributed by atoms with Gasteiger partial charge in [0.1, 0.15) is 0 Å². The lowest BCUT2D eigenvalue weighted by atomic mass is 10.6. The number of carbonyl (C=O) groups is 1. The van der Waals surface area contributed by atoms with Crippen LogP contribution in [0.15, 0.2) is 11.5 Å². The second kappa shape index (κ2) is 2.78. The lowest BCUT2D eigenvalue weighted by molar-refractivity contribution is -0.113. The summed E-state index contributed by atoms with van der Waals surface area (Å²) >= 11 is 3.58. The van der Waals surface area contributed by atoms with Crippen LogP contribution in [-0.4, -0.2) is 5.91 Å². The van der Waals surface area contributed by atoms with E-state index in [4.69, 9.17) is 0 Å². The molecule has 0 atom stereocenters. The second-order valence-electron chi connectivity index (χ2n) is 0.718. The van der Waals surface area contributed by atoms with Crippen LogP contribution in [0, 0.1) is 0 Å². The first-order valence-electron chi connectivity index (χ1n) is 1.37. The monoisotopic (exact) mass is 103 g/mol. The minimum atomic E-state index is -0.468. The molecule has 6 heavy (non-hydrogen) atoms. The quantitative estimate of drug-likeness (QED) is 0.353. The van der Waals surface area contributed by atoms with Crippen LogP contribution in [0.1, 0.15) is 0 Å². The van der Waals surface area contributed by atoms with Crippen molar-refractivity contribution in [3.63, 3.8) is 0 Å². The number of hydrogen-bond donors (Lipinski definition) is 2. The number of primary amides is 1. The summed E-state index contributed by atoms with van der Waals surface area (Å²) in [4.78, 5) is 9.69. The van der Waals surface area contributed by atoms with Crippen molar-refractivity contribution < 1.29 is 4.79 Å². The minimum absolute atomic E-state index is 0.468. The van der Waals surface area contributed by atoms with Gasteiger partial charge in [0, 0.05) is 6.08 Å². The third kappa shape index (κ3) is 3.56. The van der Waals surface area contributed by atoms with Crippen LogP contribution in [0.3, 0.4) is 0 Å². The number of thiol groups is 1. The molecule has 34 valence electrons. The maximum Gasteiger partial charge on any atom is 0.241 e. The van der Waals surface area contributed by atoms with E-state index in [9.17, 15) is 4.79 Å². The van der Waals surface area contributed by atoms with Crippen molar-refractivity contribution in [1.82, 2.24) is 0 Å². The molecule has 0 unspecified atom stereocenters. The highest BCUT2D eigenvalue weighted by atomic mass is 32.1. The first-order chi connectivity index (χ1) is 2.77. The molecule has 0 saturated heterocycles. The van der Waals surface area contributed by atoms with Crippen molar-refractivity contribution in [3.05, 3.63) is 11.5 Å². The van der Waals surface area contributed by atoms with Crippen LogP contribution in [0.2, 0.25) is 0 Å². The van der Waals surface area contributed by atoms with Gasteiger partial charge in [0.15, 0.2) is 0 Å². The molecule has 0 spiro atoms. The van der Waals surface area contributed by atoms with Crippen LogP contribution in [-0.2, 0) is 4.79 Å². The SMILES string of the molecule is NC(=O)/C=C/S. The first kappa shape index (κ1) is 5.56. The van der Waals surface area contributed by atoms with Crippen LogP contribution < -0.4 is 5.73 Å². The van der Waals surface area contributed by atoms with E-state index in [-0.39, 0.29) is 0 Å². The van der Waals surface area contributed by atoms with Crippen LogP contribution in [0.4, 0.5) is 0 Å². The van der Waals surface area contributed by atoms with Crippen LogP contribution >= 0.6 is 12.6 Å². The Bertz CT molecular complexity index is 78.9. The fourth-order valence-corrected chi connectivity index (χ4v) is 0.220. The Kier molecular flexibility index (Phi) is 2.58. The maximum absolute atomic E-state index is 9.69. The largest absolute Gasteiger partial charge is 0.366 e. The lowest BCUT2D eigenvalue weighted by Crippen LogP contribution is -2.04. The van der Waals surface area contributed by atoms with E-state index in [1.807, 2.05) is 0 Å². The first-order valence-corrected chi connectivity index (χ1v) is 1.89. The normalized spacial score (nSPS) is 9.50. The molecule has 0 aromatic rings. The molecular formula is C3H5NOS. The molecule has 1 amide bonds. The van der Waals surface area contributed by atoms with E-state index in [0.717, 1.165) is 0 Å². The van der Waals surface area contributed by atoms with Crippen molar-refractivity contribution in [2.75, 3.05) is 0 Å². The minimum Gasteiger partial charge on any atom is -0.366 e. The van der Waals surface area contributed by atoms with Crippen molar-refractivity contribution in [1.29, 1.82) is 0 Å². The highest BCUT2D eigenvalue weighted by molar-refractivity contribution is 7.83. The summed E-state index contributed by atoms with van der Waals surface area (Å²) in [6, 6.07) is 0. The molecule has 0 rings (SSSR count). The Balaban J connectivity index is 3.30. The van der Waals surface area contributed by atoms with Gasteiger partial charge in [-0.3, -0.25) is 4.79 Å². The average molecular weight is 103 g/mol. The molecule has 0 aromatic carbocycles. The average Bonchev–Trinajstić information content (AvgIpc) is 1.35. The molecule has 2 nitrogen and oxygen atoms in total. The number of carbonyl (C=O) groups excluding carboxylic acids is 1.